The van der Waals surface area contributed by atoms with E-state index in [0.29, 0.717) is 12.2 Å². The first-order valence-electron chi connectivity index (χ1n) is 7.62. The Morgan fingerprint density at radius 1 is 1.17 bits per heavy atom. The van der Waals surface area contributed by atoms with Crippen molar-refractivity contribution >= 4 is 0 Å². The molecule has 1 heterocycles. The van der Waals surface area contributed by atoms with Crippen LogP contribution in [0.2, 0.25) is 0 Å². The van der Waals surface area contributed by atoms with Crippen LogP contribution in [0.4, 0.5) is 0 Å². The van der Waals surface area contributed by atoms with Crippen LogP contribution < -0.4 is 5.73 Å². The molecule has 0 radical (unpaired) electrons. The molecule has 2 atom stereocenters. The molecule has 3 heteroatoms. The van der Waals surface area contributed by atoms with Crippen molar-refractivity contribution < 1.29 is 4.74 Å². The number of hydrogen-bond acceptors (Lipinski definition) is 3. The maximum absolute atomic E-state index is 6.10. The van der Waals surface area contributed by atoms with Crippen molar-refractivity contribution in [3.8, 4) is 0 Å². The average Bonchev–Trinajstić information content (AvgIpc) is 2.76. The second-order valence-corrected chi connectivity index (χ2v) is 6.64. The van der Waals surface area contributed by atoms with Gasteiger partial charge in [0.1, 0.15) is 0 Å². The quantitative estimate of drug-likeness (QED) is 0.837. The summed E-state index contributed by atoms with van der Waals surface area (Å²) in [5.41, 5.74) is 6.34. The number of hydrogen-bond donors (Lipinski definition) is 1. The predicted octanol–water partition coefficient (Wildman–Crippen LogP) is 2.39. The summed E-state index contributed by atoms with van der Waals surface area (Å²) in [4.78, 5) is 2.50. The molecule has 106 valence electrons. The molecule has 1 aliphatic heterocycles. The molecule has 1 saturated carbocycles. The number of rotatable bonds is 4. The Hall–Kier alpha value is -0.120. The van der Waals surface area contributed by atoms with Crippen molar-refractivity contribution in [1.29, 1.82) is 0 Å². The molecule has 2 unspecified atom stereocenters. The van der Waals surface area contributed by atoms with Gasteiger partial charge >= 0.3 is 0 Å². The zero-order valence-corrected chi connectivity index (χ0v) is 12.3. The highest BCUT2D eigenvalue weighted by Gasteiger charge is 2.38. The first kappa shape index (κ1) is 14.3. The van der Waals surface area contributed by atoms with Gasteiger partial charge in [0, 0.05) is 18.6 Å². The molecule has 3 nitrogen and oxygen atoms in total. The summed E-state index contributed by atoms with van der Waals surface area (Å²) in [5, 5.41) is 0. The molecule has 2 fully saturated rings. The molecule has 1 saturated heterocycles. The minimum Gasteiger partial charge on any atom is -0.374 e. The topological polar surface area (TPSA) is 38.5 Å². The van der Waals surface area contributed by atoms with Crippen LogP contribution in [-0.4, -0.2) is 42.8 Å². The lowest BCUT2D eigenvalue weighted by Gasteiger charge is -2.46. The monoisotopic (exact) mass is 254 g/mol. The molecule has 1 aliphatic carbocycles. The van der Waals surface area contributed by atoms with Gasteiger partial charge in [0.2, 0.25) is 0 Å². The van der Waals surface area contributed by atoms with Gasteiger partial charge in [-0.3, -0.25) is 4.90 Å². The highest BCUT2D eigenvalue weighted by Crippen LogP contribution is 2.35. The number of likely N-dealkylation sites (N-methyl/N-ethyl adjacent to an activating group) is 1. The van der Waals surface area contributed by atoms with Crippen LogP contribution in [0.15, 0.2) is 0 Å². The molecule has 18 heavy (non-hydrogen) atoms. The fourth-order valence-electron chi connectivity index (χ4n) is 3.56. The Bertz CT molecular complexity index is 261. The van der Waals surface area contributed by atoms with Crippen molar-refractivity contribution in [1.82, 2.24) is 4.90 Å². The third kappa shape index (κ3) is 3.06. The van der Waals surface area contributed by atoms with Crippen LogP contribution in [0.25, 0.3) is 0 Å². The van der Waals surface area contributed by atoms with Crippen molar-refractivity contribution in [3.05, 3.63) is 0 Å². The van der Waals surface area contributed by atoms with E-state index < -0.39 is 0 Å². The summed E-state index contributed by atoms with van der Waals surface area (Å²) in [7, 11) is 2.25. The van der Waals surface area contributed by atoms with Crippen molar-refractivity contribution in [2.45, 2.75) is 70.1 Å². The van der Waals surface area contributed by atoms with E-state index in [2.05, 4.69) is 25.8 Å². The first-order chi connectivity index (χ1) is 8.55. The van der Waals surface area contributed by atoms with Gasteiger partial charge < -0.3 is 10.5 Å². The molecule has 0 amide bonds. The lowest BCUT2D eigenvalue weighted by Crippen LogP contribution is -2.55. The van der Waals surface area contributed by atoms with E-state index in [4.69, 9.17) is 10.5 Å². The van der Waals surface area contributed by atoms with Crippen molar-refractivity contribution in [2.75, 3.05) is 20.1 Å². The smallest absolute Gasteiger partial charge is 0.0706 e. The number of nitrogens with zero attached hydrogens (tertiary/aromatic N) is 1. The van der Waals surface area contributed by atoms with Crippen molar-refractivity contribution in [3.63, 3.8) is 0 Å². The van der Waals surface area contributed by atoms with Crippen LogP contribution in [-0.2, 0) is 4.74 Å². The molecule has 2 N–H and O–H groups in total. The largest absolute Gasteiger partial charge is 0.374 e. The zero-order valence-electron chi connectivity index (χ0n) is 12.3. The highest BCUT2D eigenvalue weighted by atomic mass is 16.5. The normalized spacial score (nSPS) is 41.5. The van der Waals surface area contributed by atoms with E-state index in [0.717, 1.165) is 19.0 Å². The third-order valence-electron chi connectivity index (χ3n) is 5.19. The molecule has 0 spiro atoms. The maximum atomic E-state index is 6.10. The van der Waals surface area contributed by atoms with E-state index in [1.54, 1.807) is 0 Å². The number of ether oxygens (including phenoxy) is 1. The van der Waals surface area contributed by atoms with Gasteiger partial charge in [0.25, 0.3) is 0 Å². The molecular formula is C15H30N2O. The summed E-state index contributed by atoms with van der Waals surface area (Å²) in [5.74, 6) is 0.876. The van der Waals surface area contributed by atoms with Crippen LogP contribution in [0.1, 0.15) is 52.4 Å². The number of nitrogens with two attached hydrogens (primary N) is 1. The van der Waals surface area contributed by atoms with Gasteiger partial charge in [-0.2, -0.15) is 0 Å². The first-order valence-corrected chi connectivity index (χ1v) is 7.62. The molecule has 0 aromatic heterocycles. The Kier molecular flexibility index (Phi) is 4.68. The van der Waals surface area contributed by atoms with E-state index >= 15 is 0 Å². The minimum atomic E-state index is 0.238. The summed E-state index contributed by atoms with van der Waals surface area (Å²) in [6.07, 6.45) is 8.45. The molecular weight excluding hydrogens is 224 g/mol. The summed E-state index contributed by atoms with van der Waals surface area (Å²) >= 11 is 0. The minimum absolute atomic E-state index is 0.238. The second-order valence-electron chi connectivity index (χ2n) is 6.64. The Labute approximate surface area is 112 Å². The van der Waals surface area contributed by atoms with Gasteiger partial charge in [-0.1, -0.05) is 6.92 Å². The molecule has 0 bridgehead atoms. The third-order valence-corrected chi connectivity index (χ3v) is 5.19. The lowest BCUT2D eigenvalue weighted by molar-refractivity contribution is -0.00539. The fourth-order valence-corrected chi connectivity index (χ4v) is 3.56. The van der Waals surface area contributed by atoms with Gasteiger partial charge in [-0.05, 0) is 58.4 Å². The standard InChI is InChI=1S/C15H30N2O/c1-12-6-8-15(11-16,9-7-12)17(3)10-14-5-4-13(2)18-14/h12-14H,4-11,16H2,1-3H3. The highest BCUT2D eigenvalue weighted by molar-refractivity contribution is 4.95. The summed E-state index contributed by atoms with van der Waals surface area (Å²) in [6, 6.07) is 0. The maximum Gasteiger partial charge on any atom is 0.0706 e. The van der Waals surface area contributed by atoms with Gasteiger partial charge in [0.15, 0.2) is 0 Å². The Balaban J connectivity index is 1.90. The van der Waals surface area contributed by atoms with Crippen LogP contribution in [0.5, 0.6) is 0 Å². The van der Waals surface area contributed by atoms with Gasteiger partial charge in [-0.25, -0.2) is 0 Å². The Morgan fingerprint density at radius 2 is 1.83 bits per heavy atom. The van der Waals surface area contributed by atoms with E-state index in [9.17, 15) is 0 Å². The van der Waals surface area contributed by atoms with E-state index in [1.807, 2.05) is 0 Å². The van der Waals surface area contributed by atoms with Gasteiger partial charge in [0.05, 0.1) is 12.2 Å². The predicted molar refractivity (Wildman–Crippen MR) is 75.6 cm³/mol. The fraction of sp³-hybridized carbons (Fsp3) is 1.00. The SMILES string of the molecule is CC1CCC(CN)(N(C)CC2CCC(C)O2)CC1. The molecule has 0 aromatic rings. The van der Waals surface area contributed by atoms with E-state index in [-0.39, 0.29) is 5.54 Å². The molecule has 2 rings (SSSR count). The summed E-state index contributed by atoms with van der Waals surface area (Å²) in [6.45, 7) is 6.39. The van der Waals surface area contributed by atoms with Crippen LogP contribution >= 0.6 is 0 Å². The lowest BCUT2D eigenvalue weighted by atomic mass is 9.76. The van der Waals surface area contributed by atoms with Gasteiger partial charge in [-0.15, -0.1) is 0 Å². The van der Waals surface area contributed by atoms with E-state index in [1.165, 1.54) is 38.5 Å². The second kappa shape index (κ2) is 5.89. The van der Waals surface area contributed by atoms with Crippen LogP contribution in [0.3, 0.4) is 0 Å². The average molecular weight is 254 g/mol. The molecule has 2 aliphatic rings. The van der Waals surface area contributed by atoms with Crippen LogP contribution in [0, 0.1) is 5.92 Å². The summed E-state index contributed by atoms with van der Waals surface area (Å²) < 4.78 is 5.95. The van der Waals surface area contributed by atoms with Crippen molar-refractivity contribution in [2.24, 2.45) is 11.7 Å². The molecule has 0 aromatic carbocycles. The zero-order chi connectivity index (χ0) is 13.2. The Morgan fingerprint density at radius 3 is 2.33 bits per heavy atom.